The van der Waals surface area contributed by atoms with Crippen molar-refractivity contribution in [2.24, 2.45) is 0 Å². The van der Waals surface area contributed by atoms with Gasteiger partial charge in [0.2, 0.25) is 0 Å². The molecule has 0 atom stereocenters. The second kappa shape index (κ2) is 5.33. The van der Waals surface area contributed by atoms with E-state index in [9.17, 15) is 4.79 Å². The molecule has 0 aliphatic rings. The van der Waals surface area contributed by atoms with Gasteiger partial charge in [0.05, 0.1) is 10.6 Å². The van der Waals surface area contributed by atoms with Gasteiger partial charge in [0, 0.05) is 18.3 Å². The standard InChI is InChI=1S/C15H11N5O2S/c1-9-7-13(19-22-9)17-15(21)10-8-14-16-5-4-11(20(14)18-10)12-3-2-6-23-12/h2-8H,1H3,(H,17,19,21). The number of hydrogen-bond acceptors (Lipinski definition) is 6. The van der Waals surface area contributed by atoms with Crippen molar-refractivity contribution in [3.63, 3.8) is 0 Å². The first-order valence-corrected chi connectivity index (χ1v) is 7.72. The molecule has 23 heavy (non-hydrogen) atoms. The summed E-state index contributed by atoms with van der Waals surface area (Å²) in [6.45, 7) is 1.75. The maximum Gasteiger partial charge on any atom is 0.277 e. The SMILES string of the molecule is Cc1cc(NC(=O)c2cc3nccc(-c4cccs4)n3n2)no1. The number of nitrogens with zero attached hydrogens (tertiary/aromatic N) is 4. The smallest absolute Gasteiger partial charge is 0.277 e. The van der Waals surface area contributed by atoms with Gasteiger partial charge in [-0.3, -0.25) is 4.79 Å². The number of carbonyl (C=O) groups is 1. The molecule has 4 aromatic rings. The zero-order valence-electron chi connectivity index (χ0n) is 12.1. The van der Waals surface area contributed by atoms with Crippen LogP contribution in [-0.2, 0) is 0 Å². The van der Waals surface area contributed by atoms with Gasteiger partial charge in [-0.05, 0) is 24.4 Å². The molecule has 114 valence electrons. The molecular formula is C15H11N5O2S. The van der Waals surface area contributed by atoms with E-state index >= 15 is 0 Å². The van der Waals surface area contributed by atoms with Crippen LogP contribution in [0.4, 0.5) is 5.82 Å². The molecule has 0 aliphatic heterocycles. The predicted octanol–water partition coefficient (Wildman–Crippen LogP) is 3.01. The third-order valence-corrected chi connectivity index (χ3v) is 4.13. The first kappa shape index (κ1) is 13.6. The maximum absolute atomic E-state index is 12.3. The van der Waals surface area contributed by atoms with Gasteiger partial charge in [-0.25, -0.2) is 9.50 Å². The van der Waals surface area contributed by atoms with Crippen molar-refractivity contribution in [2.45, 2.75) is 6.92 Å². The van der Waals surface area contributed by atoms with E-state index in [1.807, 2.05) is 23.6 Å². The normalized spacial score (nSPS) is 11.0. The van der Waals surface area contributed by atoms with Crippen LogP contribution in [0, 0.1) is 6.92 Å². The first-order valence-electron chi connectivity index (χ1n) is 6.84. The quantitative estimate of drug-likeness (QED) is 0.626. The monoisotopic (exact) mass is 325 g/mol. The minimum Gasteiger partial charge on any atom is -0.360 e. The number of anilines is 1. The number of nitrogens with one attached hydrogen (secondary N) is 1. The van der Waals surface area contributed by atoms with Crippen molar-refractivity contribution >= 4 is 28.7 Å². The fraction of sp³-hybridized carbons (Fsp3) is 0.0667. The summed E-state index contributed by atoms with van der Waals surface area (Å²) < 4.78 is 6.59. The van der Waals surface area contributed by atoms with Crippen molar-refractivity contribution in [1.82, 2.24) is 19.8 Å². The van der Waals surface area contributed by atoms with E-state index in [0.29, 0.717) is 17.2 Å². The van der Waals surface area contributed by atoms with Gasteiger partial charge in [0.15, 0.2) is 17.2 Å². The number of amides is 1. The van der Waals surface area contributed by atoms with Crippen molar-refractivity contribution in [2.75, 3.05) is 5.32 Å². The van der Waals surface area contributed by atoms with Gasteiger partial charge in [-0.1, -0.05) is 11.2 Å². The highest BCUT2D eigenvalue weighted by molar-refractivity contribution is 7.13. The van der Waals surface area contributed by atoms with Gasteiger partial charge in [0.25, 0.3) is 5.91 Å². The number of aryl methyl sites for hydroxylation is 1. The van der Waals surface area contributed by atoms with Crippen LogP contribution in [-0.4, -0.2) is 25.7 Å². The van der Waals surface area contributed by atoms with E-state index < -0.39 is 0 Å². The molecule has 0 spiro atoms. The molecule has 4 heterocycles. The van der Waals surface area contributed by atoms with Crippen LogP contribution in [0.2, 0.25) is 0 Å². The molecule has 8 heteroatoms. The zero-order chi connectivity index (χ0) is 15.8. The molecule has 1 N–H and O–H groups in total. The molecule has 7 nitrogen and oxygen atoms in total. The molecule has 0 unspecified atom stereocenters. The largest absolute Gasteiger partial charge is 0.360 e. The van der Waals surface area contributed by atoms with Crippen LogP contribution in [0.25, 0.3) is 16.2 Å². The van der Waals surface area contributed by atoms with E-state index in [-0.39, 0.29) is 11.6 Å². The Morgan fingerprint density at radius 1 is 1.35 bits per heavy atom. The van der Waals surface area contributed by atoms with Crippen molar-refractivity contribution in [3.05, 3.63) is 53.4 Å². The van der Waals surface area contributed by atoms with E-state index in [2.05, 4.69) is 20.6 Å². The zero-order valence-corrected chi connectivity index (χ0v) is 12.9. The number of rotatable bonds is 3. The molecule has 0 saturated carbocycles. The lowest BCUT2D eigenvalue weighted by molar-refractivity contribution is 0.102. The maximum atomic E-state index is 12.3. The van der Waals surface area contributed by atoms with Crippen molar-refractivity contribution in [1.29, 1.82) is 0 Å². The van der Waals surface area contributed by atoms with E-state index in [1.54, 1.807) is 41.1 Å². The molecule has 4 aromatic heterocycles. The summed E-state index contributed by atoms with van der Waals surface area (Å²) >= 11 is 1.60. The Morgan fingerprint density at radius 3 is 3.00 bits per heavy atom. The summed E-state index contributed by atoms with van der Waals surface area (Å²) in [4.78, 5) is 17.6. The second-order valence-corrected chi connectivity index (χ2v) is 5.83. The minimum absolute atomic E-state index is 0.266. The second-order valence-electron chi connectivity index (χ2n) is 4.88. The lowest BCUT2D eigenvalue weighted by Gasteiger charge is -2.00. The minimum atomic E-state index is -0.360. The van der Waals surface area contributed by atoms with Crippen LogP contribution in [0.3, 0.4) is 0 Å². The number of hydrogen-bond donors (Lipinski definition) is 1. The number of carbonyl (C=O) groups excluding carboxylic acids is 1. The average Bonchev–Trinajstić information content (AvgIpc) is 3.26. The molecule has 1 amide bonds. The summed E-state index contributed by atoms with van der Waals surface area (Å²) in [7, 11) is 0. The van der Waals surface area contributed by atoms with E-state index in [0.717, 1.165) is 10.6 Å². The fourth-order valence-electron chi connectivity index (χ4n) is 2.22. The predicted molar refractivity (Wildman–Crippen MR) is 85.5 cm³/mol. The fourth-order valence-corrected chi connectivity index (χ4v) is 2.96. The first-order chi connectivity index (χ1) is 11.2. The molecule has 0 bridgehead atoms. The van der Waals surface area contributed by atoms with E-state index in [4.69, 9.17) is 4.52 Å². The Balaban J connectivity index is 1.71. The number of thiophene rings is 1. The third kappa shape index (κ3) is 2.49. The lowest BCUT2D eigenvalue weighted by atomic mass is 10.3. The Labute approximate surface area is 134 Å². The van der Waals surface area contributed by atoms with Gasteiger partial charge in [-0.15, -0.1) is 11.3 Å². The lowest BCUT2D eigenvalue weighted by Crippen LogP contribution is -2.13. The van der Waals surface area contributed by atoms with Gasteiger partial charge in [0.1, 0.15) is 5.76 Å². The Bertz CT molecular complexity index is 987. The van der Waals surface area contributed by atoms with Gasteiger partial charge < -0.3 is 9.84 Å². The molecule has 4 rings (SSSR count). The highest BCUT2D eigenvalue weighted by Gasteiger charge is 2.15. The van der Waals surface area contributed by atoms with E-state index in [1.165, 1.54) is 0 Å². The van der Waals surface area contributed by atoms with Crippen molar-refractivity contribution < 1.29 is 9.32 Å². The number of fused-ring (bicyclic) bond motifs is 1. The van der Waals surface area contributed by atoms with Crippen LogP contribution >= 0.6 is 11.3 Å². The molecule has 0 fully saturated rings. The molecule has 0 aromatic carbocycles. The summed E-state index contributed by atoms with van der Waals surface area (Å²) in [6.07, 6.45) is 1.70. The van der Waals surface area contributed by atoms with Gasteiger partial charge >= 0.3 is 0 Å². The summed E-state index contributed by atoms with van der Waals surface area (Å²) in [6, 6.07) is 9.12. The molecule has 0 saturated heterocycles. The van der Waals surface area contributed by atoms with Crippen LogP contribution in [0.1, 0.15) is 16.2 Å². The number of aromatic nitrogens is 4. The highest BCUT2D eigenvalue weighted by atomic mass is 32.1. The van der Waals surface area contributed by atoms with Crippen molar-refractivity contribution in [3.8, 4) is 10.6 Å². The Hall–Kier alpha value is -3.00. The van der Waals surface area contributed by atoms with Crippen LogP contribution < -0.4 is 5.32 Å². The van der Waals surface area contributed by atoms with Crippen LogP contribution in [0.15, 0.2) is 46.4 Å². The highest BCUT2D eigenvalue weighted by Crippen LogP contribution is 2.24. The summed E-state index contributed by atoms with van der Waals surface area (Å²) in [5.41, 5.74) is 1.76. The third-order valence-electron chi connectivity index (χ3n) is 3.23. The average molecular weight is 325 g/mol. The molecule has 0 aliphatic carbocycles. The summed E-state index contributed by atoms with van der Waals surface area (Å²) in [5.74, 6) is 0.619. The Kier molecular flexibility index (Phi) is 3.16. The summed E-state index contributed by atoms with van der Waals surface area (Å²) in [5, 5.41) is 12.7. The van der Waals surface area contributed by atoms with Crippen LogP contribution in [0.5, 0.6) is 0 Å². The topological polar surface area (TPSA) is 85.3 Å². The molecule has 0 radical (unpaired) electrons. The van der Waals surface area contributed by atoms with Gasteiger partial charge in [-0.2, -0.15) is 5.10 Å². The molecular weight excluding hydrogens is 314 g/mol. The Morgan fingerprint density at radius 2 is 2.26 bits per heavy atom.